The van der Waals surface area contributed by atoms with Gasteiger partial charge < -0.3 is 15.5 Å². The summed E-state index contributed by atoms with van der Waals surface area (Å²) in [4.78, 5) is 23.8. The van der Waals surface area contributed by atoms with Gasteiger partial charge in [0.1, 0.15) is 0 Å². The first-order valence-electron chi connectivity index (χ1n) is 11.1. The molecule has 0 bridgehead atoms. The molecule has 2 N–H and O–H groups in total. The van der Waals surface area contributed by atoms with Gasteiger partial charge in [0.05, 0.1) is 23.6 Å². The number of hydrogen-bond acceptors (Lipinski definition) is 6. The smallest absolute Gasteiger partial charge is 0.240 e. The van der Waals surface area contributed by atoms with Gasteiger partial charge in [-0.05, 0) is 42.5 Å². The number of rotatable bonds is 7. The average molecular weight is 434 g/mol. The Morgan fingerprint density at radius 2 is 2.12 bits per heavy atom. The molecule has 1 aliphatic rings. The van der Waals surface area contributed by atoms with Crippen molar-refractivity contribution in [3.05, 3.63) is 54.0 Å². The Morgan fingerprint density at radius 1 is 1.28 bits per heavy atom. The van der Waals surface area contributed by atoms with Crippen LogP contribution in [0.3, 0.4) is 0 Å². The number of carbonyl (C=O) groups is 1. The van der Waals surface area contributed by atoms with E-state index in [2.05, 4.69) is 64.7 Å². The standard InChI is InChI=1S/C24H31N7O/c1-16(2)11-22-23(32)31(10-9-25-22)14-19-6-5-18(12-17(19)3)21-7-8-26-24(29-21)28-20-13-27-30(4)15-20/h5-8,12-13,15-16,22,25H,9-11,14H2,1-4H3,(H,26,28,29). The topological polar surface area (TPSA) is 88.0 Å². The third-order valence-corrected chi connectivity index (χ3v) is 5.71. The van der Waals surface area contributed by atoms with E-state index in [4.69, 9.17) is 0 Å². The maximum atomic E-state index is 12.9. The lowest BCUT2D eigenvalue weighted by atomic mass is 9.99. The van der Waals surface area contributed by atoms with Crippen LogP contribution in [0.25, 0.3) is 11.3 Å². The molecule has 8 nitrogen and oxygen atoms in total. The number of piperazine rings is 1. The Bertz CT molecular complexity index is 1090. The van der Waals surface area contributed by atoms with E-state index in [9.17, 15) is 4.79 Å². The molecule has 3 heterocycles. The summed E-state index contributed by atoms with van der Waals surface area (Å²) >= 11 is 0. The van der Waals surface area contributed by atoms with Crippen molar-refractivity contribution < 1.29 is 4.79 Å². The molecule has 0 aliphatic carbocycles. The molecule has 8 heteroatoms. The van der Waals surface area contributed by atoms with Crippen LogP contribution >= 0.6 is 0 Å². The summed E-state index contributed by atoms with van der Waals surface area (Å²) in [6.07, 6.45) is 6.23. The Kier molecular flexibility index (Phi) is 6.50. The number of anilines is 2. The van der Waals surface area contributed by atoms with Crippen molar-refractivity contribution in [1.29, 1.82) is 0 Å². The predicted octanol–water partition coefficient (Wildman–Crippen LogP) is 3.28. The summed E-state index contributed by atoms with van der Waals surface area (Å²) in [5, 5.41) is 10.7. The molecule has 1 amide bonds. The van der Waals surface area contributed by atoms with Gasteiger partial charge in [-0.3, -0.25) is 9.48 Å². The molecule has 1 atom stereocenters. The lowest BCUT2D eigenvalue weighted by Gasteiger charge is -2.34. The first kappa shape index (κ1) is 22.0. The van der Waals surface area contributed by atoms with Crippen LogP contribution in [0.5, 0.6) is 0 Å². The molecule has 168 valence electrons. The molecule has 0 radical (unpaired) electrons. The quantitative estimate of drug-likeness (QED) is 0.595. The second-order valence-corrected chi connectivity index (χ2v) is 8.83. The predicted molar refractivity (Wildman–Crippen MR) is 125 cm³/mol. The van der Waals surface area contributed by atoms with E-state index in [-0.39, 0.29) is 11.9 Å². The van der Waals surface area contributed by atoms with E-state index in [1.54, 1.807) is 17.1 Å². The lowest BCUT2D eigenvalue weighted by molar-refractivity contribution is -0.136. The minimum absolute atomic E-state index is 0.0740. The second-order valence-electron chi connectivity index (χ2n) is 8.83. The number of amides is 1. The largest absolute Gasteiger partial charge is 0.336 e. The molecule has 1 saturated heterocycles. The Balaban J connectivity index is 1.47. The zero-order valence-corrected chi connectivity index (χ0v) is 19.2. The maximum Gasteiger partial charge on any atom is 0.240 e. The number of nitrogens with one attached hydrogen (secondary N) is 2. The Labute approximate surface area is 189 Å². The van der Waals surface area contributed by atoms with Gasteiger partial charge in [-0.1, -0.05) is 26.0 Å². The van der Waals surface area contributed by atoms with Crippen LogP contribution in [-0.2, 0) is 18.4 Å². The number of aromatic nitrogens is 4. The van der Waals surface area contributed by atoms with Gasteiger partial charge in [0.2, 0.25) is 11.9 Å². The van der Waals surface area contributed by atoms with Crippen LogP contribution in [-0.4, -0.2) is 49.7 Å². The molecule has 32 heavy (non-hydrogen) atoms. The number of hydrogen-bond donors (Lipinski definition) is 2. The van der Waals surface area contributed by atoms with E-state index in [1.165, 1.54) is 0 Å². The first-order valence-corrected chi connectivity index (χ1v) is 11.1. The normalized spacial score (nSPS) is 16.6. The number of aryl methyl sites for hydroxylation is 2. The molecule has 1 fully saturated rings. The van der Waals surface area contributed by atoms with Crippen molar-refractivity contribution in [2.45, 2.75) is 39.8 Å². The molecule has 3 aromatic rings. The molecular weight excluding hydrogens is 402 g/mol. The molecule has 1 aromatic carbocycles. The second kappa shape index (κ2) is 9.48. The summed E-state index contributed by atoms with van der Waals surface area (Å²) in [6.45, 7) is 8.62. The molecule has 4 rings (SSSR count). The van der Waals surface area contributed by atoms with Crippen LogP contribution in [0.4, 0.5) is 11.6 Å². The highest BCUT2D eigenvalue weighted by molar-refractivity contribution is 5.82. The molecule has 2 aromatic heterocycles. The monoisotopic (exact) mass is 433 g/mol. The molecule has 1 aliphatic heterocycles. The van der Waals surface area contributed by atoms with Gasteiger partial charge in [-0.15, -0.1) is 0 Å². The van der Waals surface area contributed by atoms with E-state index >= 15 is 0 Å². The first-order chi connectivity index (χ1) is 15.4. The zero-order valence-electron chi connectivity index (χ0n) is 19.2. The molecule has 0 saturated carbocycles. The Morgan fingerprint density at radius 3 is 2.84 bits per heavy atom. The highest BCUT2D eigenvalue weighted by Crippen LogP contribution is 2.24. The van der Waals surface area contributed by atoms with E-state index in [0.717, 1.165) is 47.6 Å². The average Bonchev–Trinajstić information content (AvgIpc) is 3.16. The van der Waals surface area contributed by atoms with Gasteiger partial charge in [-0.25, -0.2) is 9.97 Å². The van der Waals surface area contributed by atoms with Crippen molar-refractivity contribution in [2.75, 3.05) is 18.4 Å². The molecular formula is C24H31N7O. The van der Waals surface area contributed by atoms with Crippen LogP contribution in [0.1, 0.15) is 31.4 Å². The van der Waals surface area contributed by atoms with Gasteiger partial charge in [0.25, 0.3) is 0 Å². The summed E-state index contributed by atoms with van der Waals surface area (Å²) in [5.74, 6) is 1.22. The van der Waals surface area contributed by atoms with Gasteiger partial charge in [0.15, 0.2) is 0 Å². The van der Waals surface area contributed by atoms with Crippen molar-refractivity contribution in [3.63, 3.8) is 0 Å². The summed E-state index contributed by atoms with van der Waals surface area (Å²) < 4.78 is 1.72. The van der Waals surface area contributed by atoms with Gasteiger partial charge in [-0.2, -0.15) is 5.10 Å². The van der Waals surface area contributed by atoms with Crippen LogP contribution in [0, 0.1) is 12.8 Å². The lowest BCUT2D eigenvalue weighted by Crippen LogP contribution is -2.54. The zero-order chi connectivity index (χ0) is 22.7. The van der Waals surface area contributed by atoms with Gasteiger partial charge >= 0.3 is 0 Å². The van der Waals surface area contributed by atoms with Crippen molar-refractivity contribution in [1.82, 2.24) is 30.0 Å². The van der Waals surface area contributed by atoms with Gasteiger partial charge in [0, 0.05) is 44.6 Å². The minimum Gasteiger partial charge on any atom is -0.336 e. The third-order valence-electron chi connectivity index (χ3n) is 5.71. The van der Waals surface area contributed by atoms with Crippen molar-refractivity contribution in [2.24, 2.45) is 13.0 Å². The van der Waals surface area contributed by atoms with Crippen molar-refractivity contribution in [3.8, 4) is 11.3 Å². The summed E-state index contributed by atoms with van der Waals surface area (Å²) in [5.41, 5.74) is 5.01. The molecule has 1 unspecified atom stereocenters. The highest BCUT2D eigenvalue weighted by Gasteiger charge is 2.28. The van der Waals surface area contributed by atoms with Crippen LogP contribution in [0.15, 0.2) is 42.9 Å². The fourth-order valence-corrected chi connectivity index (χ4v) is 4.04. The fourth-order valence-electron chi connectivity index (χ4n) is 4.04. The maximum absolute atomic E-state index is 12.9. The van der Waals surface area contributed by atoms with Crippen molar-refractivity contribution >= 4 is 17.5 Å². The fraction of sp³-hybridized carbons (Fsp3) is 0.417. The van der Waals surface area contributed by atoms with E-state index in [1.807, 2.05) is 24.2 Å². The van der Waals surface area contributed by atoms with E-state index < -0.39 is 0 Å². The Hall–Kier alpha value is -3.26. The highest BCUT2D eigenvalue weighted by atomic mass is 16.2. The summed E-state index contributed by atoms with van der Waals surface area (Å²) in [6, 6.07) is 8.13. The van der Waals surface area contributed by atoms with E-state index in [0.29, 0.717) is 18.4 Å². The number of benzene rings is 1. The minimum atomic E-state index is -0.0740. The van der Waals surface area contributed by atoms with Crippen LogP contribution in [0.2, 0.25) is 0 Å². The SMILES string of the molecule is Cc1cc(-c2ccnc(Nc3cnn(C)c3)n2)ccc1CN1CCNC(CC(C)C)C1=O. The molecule has 0 spiro atoms. The third kappa shape index (κ3) is 5.13. The number of nitrogens with zero attached hydrogens (tertiary/aromatic N) is 5. The number of carbonyl (C=O) groups excluding carboxylic acids is 1. The van der Waals surface area contributed by atoms with Crippen LogP contribution < -0.4 is 10.6 Å². The summed E-state index contributed by atoms with van der Waals surface area (Å²) in [7, 11) is 1.87.